The van der Waals surface area contributed by atoms with Gasteiger partial charge in [-0.25, -0.2) is 4.39 Å². The summed E-state index contributed by atoms with van der Waals surface area (Å²) in [4.78, 5) is 25.5. The molecule has 37 heavy (non-hydrogen) atoms. The molecular formula is C27H31FN4O4S. The molecule has 2 amide bonds. The van der Waals surface area contributed by atoms with Gasteiger partial charge in [0, 0.05) is 26.2 Å². The molecule has 0 heterocycles. The molecule has 196 valence electrons. The van der Waals surface area contributed by atoms with Crippen molar-refractivity contribution in [3.63, 3.8) is 0 Å². The molecule has 0 saturated carbocycles. The third-order valence-corrected chi connectivity index (χ3v) is 7.30. The van der Waals surface area contributed by atoms with E-state index in [1.54, 1.807) is 54.6 Å². The normalized spacial score (nSPS) is 11.4. The molecule has 0 aromatic heterocycles. The van der Waals surface area contributed by atoms with Gasteiger partial charge in [0.05, 0.1) is 23.5 Å². The van der Waals surface area contributed by atoms with Gasteiger partial charge in [0.25, 0.3) is 11.8 Å². The first-order valence-electron chi connectivity index (χ1n) is 11.7. The maximum Gasteiger partial charge on any atom is 0.303 e. The molecule has 0 fully saturated rings. The summed E-state index contributed by atoms with van der Waals surface area (Å²) in [6, 6.07) is 18.7. The molecule has 3 aromatic rings. The lowest BCUT2D eigenvalue weighted by molar-refractivity contribution is 0.0950. The summed E-state index contributed by atoms with van der Waals surface area (Å²) in [6.45, 7) is 4.35. The average Bonchev–Trinajstić information content (AvgIpc) is 2.86. The minimum atomic E-state index is -3.99. The van der Waals surface area contributed by atoms with Crippen molar-refractivity contribution in [3.05, 3.63) is 95.3 Å². The van der Waals surface area contributed by atoms with Crippen LogP contribution in [0, 0.1) is 11.7 Å². The van der Waals surface area contributed by atoms with Gasteiger partial charge >= 0.3 is 10.2 Å². The van der Waals surface area contributed by atoms with Crippen LogP contribution in [0.1, 0.15) is 40.1 Å². The van der Waals surface area contributed by atoms with Gasteiger partial charge in [0.2, 0.25) is 0 Å². The highest BCUT2D eigenvalue weighted by Gasteiger charge is 2.27. The number of amides is 2. The number of nitrogens with zero attached hydrogens (tertiary/aromatic N) is 2. The van der Waals surface area contributed by atoms with Gasteiger partial charge in [-0.2, -0.15) is 12.7 Å². The zero-order valence-electron chi connectivity index (χ0n) is 21.2. The Balaban J connectivity index is 1.79. The lowest BCUT2D eigenvalue weighted by Gasteiger charge is -2.27. The van der Waals surface area contributed by atoms with Crippen molar-refractivity contribution in [2.75, 3.05) is 30.3 Å². The highest BCUT2D eigenvalue weighted by Crippen LogP contribution is 2.25. The fourth-order valence-corrected chi connectivity index (χ4v) is 4.55. The Hall–Kier alpha value is -3.76. The smallest absolute Gasteiger partial charge is 0.303 e. The lowest BCUT2D eigenvalue weighted by Crippen LogP contribution is -2.40. The molecule has 0 bridgehead atoms. The van der Waals surface area contributed by atoms with E-state index in [4.69, 9.17) is 0 Å². The minimum absolute atomic E-state index is 0.0784. The second kappa shape index (κ2) is 12.0. The van der Waals surface area contributed by atoms with Crippen molar-refractivity contribution >= 4 is 33.4 Å². The molecule has 0 aliphatic rings. The van der Waals surface area contributed by atoms with E-state index in [2.05, 4.69) is 10.6 Å². The summed E-state index contributed by atoms with van der Waals surface area (Å²) >= 11 is 0. The van der Waals surface area contributed by atoms with Crippen LogP contribution < -0.4 is 14.9 Å². The summed E-state index contributed by atoms with van der Waals surface area (Å²) in [5, 5.41) is 5.61. The number of anilines is 2. The molecule has 10 heteroatoms. The van der Waals surface area contributed by atoms with Crippen LogP contribution in [0.5, 0.6) is 0 Å². The highest BCUT2D eigenvalue weighted by atomic mass is 32.2. The van der Waals surface area contributed by atoms with Crippen molar-refractivity contribution in [2.45, 2.75) is 20.4 Å². The van der Waals surface area contributed by atoms with Gasteiger partial charge < -0.3 is 10.6 Å². The summed E-state index contributed by atoms with van der Waals surface area (Å²) < 4.78 is 42.3. The van der Waals surface area contributed by atoms with Crippen molar-refractivity contribution in [3.8, 4) is 0 Å². The van der Waals surface area contributed by atoms with Gasteiger partial charge in [0.15, 0.2) is 0 Å². The number of hydrogen-bond donors (Lipinski definition) is 2. The van der Waals surface area contributed by atoms with Crippen LogP contribution in [0.15, 0.2) is 72.8 Å². The quantitative estimate of drug-likeness (QED) is 0.412. The van der Waals surface area contributed by atoms with Crippen molar-refractivity contribution < 1.29 is 22.4 Å². The Bertz CT molecular complexity index is 1360. The van der Waals surface area contributed by atoms with Crippen LogP contribution in [-0.4, -0.2) is 45.2 Å². The molecule has 3 rings (SSSR count). The van der Waals surface area contributed by atoms with E-state index < -0.39 is 21.9 Å². The third kappa shape index (κ3) is 6.93. The molecule has 0 saturated heterocycles. The highest BCUT2D eigenvalue weighted by molar-refractivity contribution is 7.90. The molecule has 0 aliphatic heterocycles. The standard InChI is InChI=1S/C27H31FN4O4S/c1-19(2)17-29-27(34)22-9-5-7-11-24(22)30-26(33)21-15-13-20(14-16-21)18-32(37(35,36)31(3)4)25-12-8-6-10-23(25)28/h5-16,19H,17-18H2,1-4H3,(H,29,34)(H,30,33). The van der Waals surface area contributed by atoms with E-state index in [9.17, 15) is 22.4 Å². The zero-order valence-corrected chi connectivity index (χ0v) is 22.0. The fourth-order valence-electron chi connectivity index (χ4n) is 3.45. The molecule has 0 unspecified atom stereocenters. The fraction of sp³-hybridized carbons (Fsp3) is 0.259. The Kier molecular flexibility index (Phi) is 9.01. The summed E-state index contributed by atoms with van der Waals surface area (Å²) in [5.41, 5.74) is 1.52. The van der Waals surface area contributed by atoms with Gasteiger partial charge in [-0.05, 0) is 47.9 Å². The van der Waals surface area contributed by atoms with E-state index in [0.717, 1.165) is 8.61 Å². The van der Waals surface area contributed by atoms with Crippen LogP contribution in [0.25, 0.3) is 0 Å². The Morgan fingerprint density at radius 2 is 1.51 bits per heavy atom. The number of carbonyl (C=O) groups is 2. The molecule has 0 aliphatic carbocycles. The topological polar surface area (TPSA) is 98.8 Å². The second-order valence-corrected chi connectivity index (χ2v) is 11.1. The molecule has 0 radical (unpaired) electrons. The number of carbonyl (C=O) groups excluding carboxylic acids is 2. The molecule has 8 nitrogen and oxygen atoms in total. The number of benzene rings is 3. The molecule has 3 aromatic carbocycles. The Morgan fingerprint density at radius 3 is 2.14 bits per heavy atom. The summed E-state index contributed by atoms with van der Waals surface area (Å²) in [5.74, 6) is -1.09. The average molecular weight is 527 g/mol. The predicted octanol–water partition coefficient (Wildman–Crippen LogP) is 4.28. The van der Waals surface area contributed by atoms with E-state index in [0.29, 0.717) is 28.9 Å². The van der Waals surface area contributed by atoms with Gasteiger partial charge in [-0.15, -0.1) is 0 Å². The Morgan fingerprint density at radius 1 is 0.892 bits per heavy atom. The van der Waals surface area contributed by atoms with E-state index in [-0.39, 0.29) is 24.1 Å². The lowest BCUT2D eigenvalue weighted by atomic mass is 10.1. The largest absolute Gasteiger partial charge is 0.352 e. The second-order valence-electron chi connectivity index (χ2n) is 9.05. The molecule has 0 spiro atoms. The van der Waals surface area contributed by atoms with Crippen LogP contribution in [0.3, 0.4) is 0 Å². The van der Waals surface area contributed by atoms with E-state index in [1.807, 2.05) is 13.8 Å². The SMILES string of the molecule is CC(C)CNC(=O)c1ccccc1NC(=O)c1ccc(CN(c2ccccc2F)S(=O)(=O)N(C)C)cc1. The molecule has 2 N–H and O–H groups in total. The van der Waals surface area contributed by atoms with Gasteiger partial charge in [-0.3, -0.25) is 13.9 Å². The minimum Gasteiger partial charge on any atom is -0.352 e. The zero-order chi connectivity index (χ0) is 27.2. The van der Waals surface area contributed by atoms with E-state index in [1.165, 1.54) is 32.3 Å². The molecule has 0 atom stereocenters. The van der Waals surface area contributed by atoms with Crippen LogP contribution in [0.4, 0.5) is 15.8 Å². The number of rotatable bonds is 10. The predicted molar refractivity (Wildman–Crippen MR) is 143 cm³/mol. The monoisotopic (exact) mass is 526 g/mol. The van der Waals surface area contributed by atoms with Crippen LogP contribution >= 0.6 is 0 Å². The van der Waals surface area contributed by atoms with Crippen LogP contribution in [0.2, 0.25) is 0 Å². The van der Waals surface area contributed by atoms with Gasteiger partial charge in [-0.1, -0.05) is 50.2 Å². The third-order valence-electron chi connectivity index (χ3n) is 5.49. The number of nitrogens with one attached hydrogen (secondary N) is 2. The van der Waals surface area contributed by atoms with Crippen molar-refractivity contribution in [2.24, 2.45) is 5.92 Å². The van der Waals surface area contributed by atoms with E-state index >= 15 is 0 Å². The summed E-state index contributed by atoms with van der Waals surface area (Å²) in [6.07, 6.45) is 0. The van der Waals surface area contributed by atoms with Crippen molar-refractivity contribution in [1.82, 2.24) is 9.62 Å². The number of halogens is 1. The number of hydrogen-bond acceptors (Lipinski definition) is 4. The Labute approximate surface area is 217 Å². The first-order chi connectivity index (χ1) is 17.5. The first-order valence-corrected chi connectivity index (χ1v) is 13.1. The van der Waals surface area contributed by atoms with Crippen molar-refractivity contribution in [1.29, 1.82) is 0 Å². The number of para-hydroxylation sites is 2. The summed E-state index contributed by atoms with van der Waals surface area (Å²) in [7, 11) is -1.25. The van der Waals surface area contributed by atoms with Crippen LogP contribution in [-0.2, 0) is 16.8 Å². The first kappa shape index (κ1) is 27.8. The van der Waals surface area contributed by atoms with Gasteiger partial charge in [0.1, 0.15) is 5.82 Å². The molecular weight excluding hydrogens is 495 g/mol. The maximum atomic E-state index is 14.5. The maximum absolute atomic E-state index is 14.5.